The van der Waals surface area contributed by atoms with Crippen molar-refractivity contribution < 1.29 is 136 Å². The van der Waals surface area contributed by atoms with E-state index in [0.717, 1.165) is 32.5 Å². The molecular weight excluding hydrogens is 2270 g/mol. The standard InChI is InChI=1S/C22H25BrFN6O8P.C22H25BrFN6O7P.C20H26BrFN5O6P.C20H25BrFN4O7P/c1-10-16-13(12(6-26-10)7-35-11(2)31)4-5-39(33,38-16)36-8-14-17(32)22(23,24)20(37-14)30-9-27-15-18(30)28-21(25)29-19(15)34-3;1-10-16-13(12(7-27-10)8-34-11(2)31)4-6-38(33,37-16)35-9-15-17(32)22(23,24)20(36-15)30-5-3-14-18(25)28-21(26)29-19(14)30;1-12(13(2)28)11-34(31,25-9-14-4-3-6-24-8-14)32-10-15-17(29)20(21,22)18(33-15)27-7-5-16(23)26-19(27)30;1-12(13(2)27)11-34(31,24-9-14-4-3-6-23-8-14)32-10-15-17(29)20(21,22)18(33-15)26-7-5-16(28)25-19(26)30/h6,9,14,17,20,32H,4-5,7-8H2,1-3H3,(H2,25,28,29);3,5,7,15,17,20,32H,4,6,8-9H2,1-2H3,(H4,25,26,28,29);3-8,12,15,17-18,29H,9-11H2,1-2H3,(H,25,31)(H2,23,26,30);3-8,12,15,17-18,29H,9-11H2,1-2H3,(H,24,31)(H,25,28,30)/t14-,17+,20-,22?,39?;15-,17+,20-,22?,38?;2*12-,15-,17+,18-,20?,34?/m1111/s1. The quantitative estimate of drug-likeness (QED) is 0.00800. The minimum absolute atomic E-state index is 0.00000146. The molecule has 6 aliphatic rings. The molecule has 0 bridgehead atoms. The van der Waals surface area contributed by atoms with Gasteiger partial charge in [0, 0.05) is 135 Å². The number of carbonyl (C=O) groups is 4. The van der Waals surface area contributed by atoms with E-state index in [4.69, 9.17) is 83.2 Å². The molecule has 49 nitrogen and oxygen atoms in total. The summed E-state index contributed by atoms with van der Waals surface area (Å²) < 4.78 is 182. The summed E-state index contributed by atoms with van der Waals surface area (Å²) >= 11 is 11.4. The Balaban J connectivity index is 0.000000162. The van der Waals surface area contributed by atoms with E-state index in [1.807, 2.05) is 4.98 Å². The van der Waals surface area contributed by atoms with Crippen molar-refractivity contribution in [2.24, 2.45) is 11.8 Å². The number of pyridine rings is 4. The number of alkyl halides is 8. The number of anilines is 4. The van der Waals surface area contributed by atoms with Gasteiger partial charge in [-0.05, 0) is 140 Å². The number of aliphatic hydroxyl groups is 4. The van der Waals surface area contributed by atoms with Gasteiger partial charge in [-0.3, -0.25) is 80.8 Å². The SMILES string of the molecule is CC(=O)OCc1cnc(C)c2c1CCP(=O)(OC[C@H]1O[C@@H](n3ccc4c(N)nc(N)nc43)C(F)(Br)[C@H]1O)O2.CC(=O)[C@H](C)CP(=O)(NCc1cccnc1)OC[C@H]1O[C@@H](n2ccc(=O)[nH]c2=O)C(F)(Br)[C@H]1O.CC(=O)[C@H](C)CP(=O)(NCc1cccnc1)OC[C@H]1O[C@@H](n2ccc(N)nc2=O)C(F)(Br)[C@H]1O.COc1nc(N)nc2c1ncn2[C@@H]1O[C@H](COP2(=O)CCc3c(COC(C)=O)cnc(C)c3O2)[C@H](O)C1(F)Br. The summed E-state index contributed by atoms with van der Waals surface area (Å²) in [7, 11) is -13.4. The van der Waals surface area contributed by atoms with Gasteiger partial charge in [0.15, 0.2) is 47.6 Å². The highest BCUT2D eigenvalue weighted by Crippen LogP contribution is 2.59. The van der Waals surface area contributed by atoms with Gasteiger partial charge in [-0.15, -0.1) is 0 Å². The maximum absolute atomic E-state index is 15.8. The second-order valence-corrected chi connectivity index (χ2v) is 47.7. The van der Waals surface area contributed by atoms with Gasteiger partial charge in [0.1, 0.15) is 90.9 Å². The molecule has 4 fully saturated rings. The summed E-state index contributed by atoms with van der Waals surface area (Å²) in [6, 6.07) is 10.8. The number of ether oxygens (including phenoxy) is 7. The van der Waals surface area contributed by atoms with Crippen molar-refractivity contribution in [1.82, 2.24) is 83.3 Å². The number of fused-ring (bicyclic) bond motifs is 4. The van der Waals surface area contributed by atoms with E-state index >= 15 is 17.6 Å². The Morgan fingerprint density at radius 1 is 0.566 bits per heavy atom. The molecule has 8 unspecified atom stereocenters. The molecular formula is C84H101Br4F4N21O28P4. The smallest absolute Gasteiger partial charge is 0.379 e. The molecule has 0 amide bonds. The maximum Gasteiger partial charge on any atom is 0.379 e. The first kappa shape index (κ1) is 112. The largest absolute Gasteiger partial charge is 0.479 e. The fourth-order valence-corrected chi connectivity index (χ4v) is 25.5. The minimum Gasteiger partial charge on any atom is -0.479 e. The number of aryl methyl sites for hydroxylation is 2. The van der Waals surface area contributed by atoms with E-state index in [1.165, 1.54) is 68.7 Å². The normalized spacial score (nSPS) is 27.9. The molecule has 16 heterocycles. The fraction of sp³-hybridized carbons (Fsp3) is 0.488. The zero-order chi connectivity index (χ0) is 106. The van der Waals surface area contributed by atoms with Crippen molar-refractivity contribution in [2.75, 3.05) is 81.1 Å². The third kappa shape index (κ3) is 26.0. The monoisotopic (exact) mass is 2370 g/mol. The first-order chi connectivity index (χ1) is 68.2. The number of halogens is 8. The van der Waals surface area contributed by atoms with Gasteiger partial charge < -0.3 is 99.2 Å². The van der Waals surface area contributed by atoms with Crippen LogP contribution in [0.5, 0.6) is 17.4 Å². The molecule has 0 spiro atoms. The van der Waals surface area contributed by atoms with Crippen LogP contribution in [0.3, 0.4) is 0 Å². The number of aromatic nitrogens is 15. The number of aromatic amines is 1. The van der Waals surface area contributed by atoms with Crippen molar-refractivity contribution >= 4 is 163 Å². The highest BCUT2D eigenvalue weighted by molar-refractivity contribution is 9.10. The van der Waals surface area contributed by atoms with Gasteiger partial charge in [0.05, 0.1) is 69.0 Å². The van der Waals surface area contributed by atoms with Crippen LogP contribution < -0.4 is 63.8 Å². The molecule has 145 heavy (non-hydrogen) atoms. The number of nitrogens with two attached hydrogens (primary N) is 4. The molecule has 0 radical (unpaired) electrons. The number of methoxy groups -OCH3 is 1. The number of nitrogen functional groups attached to an aromatic ring is 4. The van der Waals surface area contributed by atoms with Gasteiger partial charge in [-0.2, -0.15) is 24.9 Å². The summed E-state index contributed by atoms with van der Waals surface area (Å²) in [5.41, 5.74) is 26.0. The number of nitrogens with one attached hydrogen (secondary N) is 3. The number of imidazole rings is 1. The van der Waals surface area contributed by atoms with Crippen LogP contribution in [-0.4, -0.2) is 242 Å². The van der Waals surface area contributed by atoms with Crippen LogP contribution in [0.1, 0.15) is 111 Å². The number of esters is 2. The van der Waals surface area contributed by atoms with E-state index in [1.54, 1.807) is 95.2 Å². The maximum atomic E-state index is 15.8. The number of rotatable bonds is 33. The lowest BCUT2D eigenvalue weighted by molar-refractivity contribution is -0.143. The van der Waals surface area contributed by atoms with Crippen molar-refractivity contribution in [3.05, 3.63) is 181 Å². The Hall–Kier alpha value is -9.79. The van der Waals surface area contributed by atoms with Gasteiger partial charge in [-0.25, -0.2) is 51.4 Å². The average molecular weight is 2370 g/mol. The fourth-order valence-electron chi connectivity index (χ4n) is 15.4. The Bertz CT molecular complexity index is 6840. The molecule has 6 aliphatic heterocycles. The molecule has 0 aliphatic carbocycles. The number of hydrogen-bond donors (Lipinski definition) is 11. The number of nitrogens with zero attached hydrogens (tertiary/aromatic N) is 14. The Kier molecular flexibility index (Phi) is 35.8. The number of carbonyl (C=O) groups excluding carboxylic acids is 4. The van der Waals surface area contributed by atoms with Crippen LogP contribution >= 0.6 is 94.0 Å². The van der Waals surface area contributed by atoms with Crippen LogP contribution in [0, 0.1) is 25.7 Å². The number of Topliss-reactive ketones (excluding diaryl/α,β-unsaturated/α-hetero) is 2. The van der Waals surface area contributed by atoms with Crippen molar-refractivity contribution in [3.8, 4) is 17.4 Å². The van der Waals surface area contributed by atoms with Crippen molar-refractivity contribution in [2.45, 2.75) is 187 Å². The number of ketones is 2. The van der Waals surface area contributed by atoms with Gasteiger partial charge in [-0.1, -0.05) is 26.0 Å². The summed E-state index contributed by atoms with van der Waals surface area (Å²) in [6.45, 7) is 10.3. The summed E-state index contributed by atoms with van der Waals surface area (Å²) in [5.74, 6) is -1.98. The van der Waals surface area contributed by atoms with E-state index in [2.05, 4.69) is 124 Å². The van der Waals surface area contributed by atoms with Gasteiger partial charge in [0.25, 0.3) is 20.6 Å². The molecule has 61 heteroatoms. The average Bonchev–Trinajstić information content (AvgIpc) is 1.61. The predicted octanol–water partition coefficient (Wildman–Crippen LogP) is 8.11. The summed E-state index contributed by atoms with van der Waals surface area (Å²) in [4.78, 5) is 124. The van der Waals surface area contributed by atoms with Crippen molar-refractivity contribution in [1.29, 1.82) is 0 Å². The lowest BCUT2D eigenvalue weighted by Gasteiger charge is -2.28. The van der Waals surface area contributed by atoms with Crippen LogP contribution in [0.15, 0.2) is 119 Å². The molecule has 0 saturated carbocycles. The van der Waals surface area contributed by atoms with Crippen LogP contribution in [-0.2, 0) is 123 Å². The molecule has 4 saturated heterocycles. The molecule has 15 N–H and O–H groups in total. The van der Waals surface area contributed by atoms with Crippen LogP contribution in [0.4, 0.5) is 41.1 Å². The molecule has 0 aromatic carbocycles. The predicted molar refractivity (Wildman–Crippen MR) is 521 cm³/mol. The number of hydrogen-bond acceptors (Lipinski definition) is 42. The van der Waals surface area contributed by atoms with Gasteiger partial charge in [0.2, 0.25) is 36.1 Å². The van der Waals surface area contributed by atoms with E-state index in [9.17, 15) is 72.2 Å². The molecule has 16 rings (SSSR count). The summed E-state index contributed by atoms with van der Waals surface area (Å²) in [6.07, 6.45) is -3.35. The van der Waals surface area contributed by atoms with Gasteiger partial charge >= 0.3 is 38.5 Å². The first-order valence-electron chi connectivity index (χ1n) is 44.0. The Labute approximate surface area is 854 Å². The lowest BCUT2D eigenvalue weighted by atomic mass is 10.1. The highest BCUT2D eigenvalue weighted by atomic mass is 79.9. The Morgan fingerprint density at radius 3 is 1.41 bits per heavy atom. The number of H-pyrrole nitrogens is 1. The zero-order valence-electron chi connectivity index (χ0n) is 78.3. The zero-order valence-corrected chi connectivity index (χ0v) is 88.2. The third-order valence-corrected chi connectivity index (χ3v) is 35.0. The molecule has 22 atom stereocenters. The highest BCUT2D eigenvalue weighted by Gasteiger charge is 2.62. The van der Waals surface area contributed by atoms with E-state index in [-0.39, 0.29) is 120 Å². The van der Waals surface area contributed by atoms with Crippen molar-refractivity contribution in [3.63, 3.8) is 0 Å². The topological polar surface area (TPSA) is 681 Å². The van der Waals surface area contributed by atoms with Crippen LogP contribution in [0.25, 0.3) is 22.2 Å². The second-order valence-electron chi connectivity index (χ2n) is 34.1. The Morgan fingerprint density at radius 2 is 0.986 bits per heavy atom. The third-order valence-electron chi connectivity index (χ3n) is 23.5. The van der Waals surface area contributed by atoms with E-state index < -0.39 is 189 Å². The molecule has 786 valence electrons. The molecule has 10 aromatic heterocycles. The lowest BCUT2D eigenvalue weighted by Crippen LogP contribution is -2.41. The molecule has 10 aromatic rings. The van der Waals surface area contributed by atoms with Crippen LogP contribution in [0.2, 0.25) is 0 Å². The summed E-state index contributed by atoms with van der Waals surface area (Å²) in [5, 5.41) is 48.5. The second kappa shape index (κ2) is 46.1. The minimum atomic E-state index is -3.74. The van der Waals surface area contributed by atoms with E-state index in [0.29, 0.717) is 51.9 Å². The number of aliphatic hydroxyl groups excluding tert-OH is 4. The first-order valence-corrected chi connectivity index (χ1v) is 54.2.